The van der Waals surface area contributed by atoms with Crippen LogP contribution in [-0.2, 0) is 0 Å². The molecule has 2 rings (SSSR count). The topological polar surface area (TPSA) is 58.4 Å². The van der Waals surface area contributed by atoms with E-state index in [0.717, 1.165) is 6.07 Å². The van der Waals surface area contributed by atoms with Gasteiger partial charge in [-0.25, -0.2) is 4.39 Å². The summed E-state index contributed by atoms with van der Waals surface area (Å²) in [4.78, 5) is 11.9. The minimum atomic E-state index is -0.587. The summed E-state index contributed by atoms with van der Waals surface area (Å²) in [6.07, 6.45) is 0. The Morgan fingerprint density at radius 3 is 2.50 bits per heavy atom. The first kappa shape index (κ1) is 12.8. The van der Waals surface area contributed by atoms with E-state index in [1.54, 1.807) is 0 Å². The minimum Gasteiger partial charge on any atom is -0.366 e. The summed E-state index contributed by atoms with van der Waals surface area (Å²) in [5.41, 5.74) is 0.216. The van der Waals surface area contributed by atoms with E-state index in [-0.39, 0.29) is 17.8 Å². The Morgan fingerprint density at radius 1 is 1.39 bits per heavy atom. The van der Waals surface area contributed by atoms with Crippen LogP contribution in [0.15, 0.2) is 18.2 Å². The fourth-order valence-corrected chi connectivity index (χ4v) is 2.39. The SMILES string of the molecule is CC1CN(c2ccc([N+](=O)[O-])cc2F)C[C@@H](C)N1. The molecule has 1 fully saturated rings. The van der Waals surface area contributed by atoms with Gasteiger partial charge in [0.15, 0.2) is 5.82 Å². The molecule has 0 aliphatic carbocycles. The Balaban J connectivity index is 2.25. The molecule has 0 amide bonds. The van der Waals surface area contributed by atoms with Gasteiger partial charge in [0.1, 0.15) is 0 Å². The van der Waals surface area contributed by atoms with Crippen LogP contribution in [0.5, 0.6) is 0 Å². The predicted molar refractivity (Wildman–Crippen MR) is 67.3 cm³/mol. The molecule has 0 aromatic heterocycles. The number of rotatable bonds is 2. The van der Waals surface area contributed by atoms with Crippen molar-refractivity contribution in [1.29, 1.82) is 0 Å². The quantitative estimate of drug-likeness (QED) is 0.646. The first-order valence-corrected chi connectivity index (χ1v) is 5.92. The number of hydrogen-bond acceptors (Lipinski definition) is 4. The summed E-state index contributed by atoms with van der Waals surface area (Å²) >= 11 is 0. The van der Waals surface area contributed by atoms with Gasteiger partial charge in [-0.05, 0) is 19.9 Å². The number of hydrogen-bond donors (Lipinski definition) is 1. The van der Waals surface area contributed by atoms with E-state index in [1.807, 2.05) is 18.7 Å². The van der Waals surface area contributed by atoms with Crippen molar-refractivity contribution in [3.63, 3.8) is 0 Å². The van der Waals surface area contributed by atoms with Gasteiger partial charge in [0.2, 0.25) is 0 Å². The van der Waals surface area contributed by atoms with Crippen molar-refractivity contribution in [3.8, 4) is 0 Å². The molecular formula is C12H16FN3O2. The van der Waals surface area contributed by atoms with E-state index in [2.05, 4.69) is 5.32 Å². The molecule has 98 valence electrons. The fraction of sp³-hybridized carbons (Fsp3) is 0.500. The lowest BCUT2D eigenvalue weighted by Gasteiger charge is -2.37. The number of anilines is 1. The molecule has 0 bridgehead atoms. The van der Waals surface area contributed by atoms with Crippen molar-refractivity contribution in [2.45, 2.75) is 25.9 Å². The standard InChI is InChI=1S/C12H16FN3O2/c1-8-6-15(7-9(2)14-8)12-4-3-10(16(17)18)5-11(12)13/h3-5,8-9,14H,6-7H2,1-2H3/t8-,9?/m1/s1. The Labute approximate surface area is 105 Å². The maximum atomic E-state index is 13.9. The molecule has 1 aromatic rings. The van der Waals surface area contributed by atoms with Crippen molar-refractivity contribution in [2.24, 2.45) is 0 Å². The summed E-state index contributed by atoms with van der Waals surface area (Å²) in [5, 5.41) is 13.9. The molecule has 1 unspecified atom stereocenters. The fourth-order valence-electron chi connectivity index (χ4n) is 2.39. The summed E-state index contributed by atoms with van der Waals surface area (Å²) in [6, 6.07) is 4.34. The second kappa shape index (κ2) is 4.89. The first-order valence-electron chi connectivity index (χ1n) is 5.92. The Bertz CT molecular complexity index is 457. The van der Waals surface area contributed by atoms with E-state index < -0.39 is 10.7 Å². The molecule has 1 heterocycles. The van der Waals surface area contributed by atoms with Crippen LogP contribution in [0.1, 0.15) is 13.8 Å². The molecule has 1 aliphatic heterocycles. The summed E-state index contributed by atoms with van der Waals surface area (Å²) in [6.45, 7) is 5.45. The lowest BCUT2D eigenvalue weighted by Crippen LogP contribution is -2.54. The number of halogens is 1. The van der Waals surface area contributed by atoms with E-state index in [0.29, 0.717) is 18.8 Å². The zero-order chi connectivity index (χ0) is 13.3. The van der Waals surface area contributed by atoms with Gasteiger partial charge in [0.25, 0.3) is 5.69 Å². The van der Waals surface area contributed by atoms with Crippen molar-refractivity contribution < 1.29 is 9.31 Å². The van der Waals surface area contributed by atoms with Crippen LogP contribution < -0.4 is 10.2 Å². The van der Waals surface area contributed by atoms with Crippen LogP contribution in [0.3, 0.4) is 0 Å². The van der Waals surface area contributed by atoms with Crippen molar-refractivity contribution in [1.82, 2.24) is 5.32 Å². The van der Waals surface area contributed by atoms with Gasteiger partial charge in [-0.3, -0.25) is 10.1 Å². The largest absolute Gasteiger partial charge is 0.366 e. The highest BCUT2D eigenvalue weighted by Gasteiger charge is 2.24. The van der Waals surface area contributed by atoms with E-state index >= 15 is 0 Å². The average molecular weight is 253 g/mol. The Morgan fingerprint density at radius 2 is 2.00 bits per heavy atom. The maximum Gasteiger partial charge on any atom is 0.272 e. The molecule has 0 saturated carbocycles. The molecule has 18 heavy (non-hydrogen) atoms. The third-order valence-electron chi connectivity index (χ3n) is 3.04. The van der Waals surface area contributed by atoms with Crippen molar-refractivity contribution in [3.05, 3.63) is 34.1 Å². The minimum absolute atomic E-state index is 0.215. The monoisotopic (exact) mass is 253 g/mol. The van der Waals surface area contributed by atoms with Gasteiger partial charge in [-0.2, -0.15) is 0 Å². The molecule has 5 nitrogen and oxygen atoms in total. The molecule has 2 atom stereocenters. The van der Waals surface area contributed by atoms with Gasteiger partial charge in [0.05, 0.1) is 16.7 Å². The number of nitrogens with zero attached hydrogens (tertiary/aromatic N) is 2. The Hall–Kier alpha value is -1.69. The average Bonchev–Trinajstić information content (AvgIpc) is 2.27. The summed E-state index contributed by atoms with van der Waals surface area (Å²) in [7, 11) is 0. The second-order valence-electron chi connectivity index (χ2n) is 4.77. The number of non-ortho nitro benzene ring substituents is 1. The zero-order valence-corrected chi connectivity index (χ0v) is 10.4. The van der Waals surface area contributed by atoms with Gasteiger partial charge < -0.3 is 10.2 Å². The van der Waals surface area contributed by atoms with Gasteiger partial charge in [-0.1, -0.05) is 0 Å². The molecule has 0 radical (unpaired) electrons. The number of benzene rings is 1. The van der Waals surface area contributed by atoms with Crippen LogP contribution in [0.25, 0.3) is 0 Å². The lowest BCUT2D eigenvalue weighted by atomic mass is 10.1. The molecule has 1 aromatic carbocycles. The van der Waals surface area contributed by atoms with Crippen LogP contribution >= 0.6 is 0 Å². The first-order chi connectivity index (χ1) is 8.47. The zero-order valence-electron chi connectivity index (χ0n) is 10.4. The smallest absolute Gasteiger partial charge is 0.272 e. The van der Waals surface area contributed by atoms with Crippen LogP contribution in [-0.4, -0.2) is 30.1 Å². The summed E-state index contributed by atoms with van der Waals surface area (Å²) < 4.78 is 13.9. The maximum absolute atomic E-state index is 13.9. The lowest BCUT2D eigenvalue weighted by molar-refractivity contribution is -0.385. The van der Waals surface area contributed by atoms with E-state index in [4.69, 9.17) is 0 Å². The molecular weight excluding hydrogens is 237 g/mol. The van der Waals surface area contributed by atoms with Crippen molar-refractivity contribution >= 4 is 11.4 Å². The Kier molecular flexibility index (Phi) is 3.47. The highest BCUT2D eigenvalue weighted by Crippen LogP contribution is 2.25. The number of nitrogens with one attached hydrogen (secondary N) is 1. The highest BCUT2D eigenvalue weighted by atomic mass is 19.1. The molecule has 1 aliphatic rings. The molecule has 1 N–H and O–H groups in total. The number of nitro groups is 1. The second-order valence-corrected chi connectivity index (χ2v) is 4.77. The van der Waals surface area contributed by atoms with Gasteiger partial charge in [-0.15, -0.1) is 0 Å². The van der Waals surface area contributed by atoms with Gasteiger partial charge in [0, 0.05) is 31.2 Å². The van der Waals surface area contributed by atoms with Crippen LogP contribution in [0.4, 0.5) is 15.8 Å². The van der Waals surface area contributed by atoms with E-state index in [1.165, 1.54) is 12.1 Å². The molecule has 0 spiro atoms. The molecule has 6 heteroatoms. The number of nitro benzene ring substituents is 1. The molecule has 1 saturated heterocycles. The van der Waals surface area contributed by atoms with E-state index in [9.17, 15) is 14.5 Å². The summed E-state index contributed by atoms with van der Waals surface area (Å²) in [5.74, 6) is -0.537. The van der Waals surface area contributed by atoms with Crippen LogP contribution in [0.2, 0.25) is 0 Å². The van der Waals surface area contributed by atoms with Gasteiger partial charge >= 0.3 is 0 Å². The normalized spacial score (nSPS) is 24.1. The van der Waals surface area contributed by atoms with Crippen molar-refractivity contribution in [2.75, 3.05) is 18.0 Å². The predicted octanol–water partition coefficient (Wildman–Crippen LogP) is 1.92. The third kappa shape index (κ3) is 2.59. The number of piperazine rings is 1. The third-order valence-corrected chi connectivity index (χ3v) is 3.04. The highest BCUT2D eigenvalue weighted by molar-refractivity contribution is 5.53. The van der Waals surface area contributed by atoms with Crippen LogP contribution in [0, 0.1) is 15.9 Å².